The van der Waals surface area contributed by atoms with Crippen LogP contribution in [-0.4, -0.2) is 48.6 Å². The molecule has 128 valence electrons. The average Bonchev–Trinajstić information content (AvgIpc) is 2.49. The molecule has 0 radical (unpaired) electrons. The smallest absolute Gasteiger partial charge is 0.322 e. The molecule has 0 atom stereocenters. The zero-order chi connectivity index (χ0) is 17.0. The fraction of sp³-hybridized carbons (Fsp3) is 0.533. The van der Waals surface area contributed by atoms with Crippen molar-refractivity contribution < 1.29 is 18.0 Å². The molecule has 0 unspecified atom stereocenters. The average molecular weight is 350 g/mol. The maximum atomic E-state index is 12.8. The molecule has 1 N–H and O–H groups in total. The molecule has 2 rings (SSSR count). The van der Waals surface area contributed by atoms with Gasteiger partial charge in [-0.2, -0.15) is 13.2 Å². The van der Waals surface area contributed by atoms with Crippen LogP contribution in [0.25, 0.3) is 0 Å². The molecular formula is C15H19ClF3N3O. The Morgan fingerprint density at radius 3 is 2.48 bits per heavy atom. The number of halogens is 4. The number of hydrogen-bond acceptors (Lipinski definition) is 2. The second kappa shape index (κ2) is 7.40. The first-order valence-electron chi connectivity index (χ1n) is 7.46. The molecule has 2 amide bonds. The highest BCUT2D eigenvalue weighted by Gasteiger charge is 2.33. The summed E-state index contributed by atoms with van der Waals surface area (Å²) in [6.07, 6.45) is -3.50. The molecule has 0 saturated carbocycles. The van der Waals surface area contributed by atoms with Crippen LogP contribution in [0.2, 0.25) is 5.02 Å². The topological polar surface area (TPSA) is 35.6 Å². The largest absolute Gasteiger partial charge is 0.417 e. The number of alkyl halides is 3. The molecule has 0 spiro atoms. The van der Waals surface area contributed by atoms with Crippen molar-refractivity contribution in [3.63, 3.8) is 0 Å². The highest BCUT2D eigenvalue weighted by atomic mass is 35.5. The Balaban J connectivity index is 1.99. The third kappa shape index (κ3) is 4.75. The number of nitrogens with one attached hydrogen (secondary N) is 1. The van der Waals surface area contributed by atoms with Crippen molar-refractivity contribution in [1.82, 2.24) is 9.80 Å². The Hall–Kier alpha value is -1.47. The van der Waals surface area contributed by atoms with Gasteiger partial charge in [0.2, 0.25) is 0 Å². The molecule has 0 aromatic heterocycles. The van der Waals surface area contributed by atoms with Gasteiger partial charge in [-0.25, -0.2) is 4.79 Å². The number of nitrogens with zero attached hydrogens (tertiary/aromatic N) is 2. The van der Waals surface area contributed by atoms with Gasteiger partial charge in [0.15, 0.2) is 0 Å². The lowest BCUT2D eigenvalue weighted by Gasteiger charge is -2.34. The minimum absolute atomic E-state index is 0.0858. The third-order valence-corrected chi connectivity index (χ3v) is 4.05. The SMILES string of the molecule is CCCN1CCN(C(=O)Nc2ccc(Cl)c(C(F)(F)F)c2)CC1. The number of piperazine rings is 1. The van der Waals surface area contributed by atoms with Crippen LogP contribution in [0.3, 0.4) is 0 Å². The van der Waals surface area contributed by atoms with E-state index in [4.69, 9.17) is 11.6 Å². The minimum Gasteiger partial charge on any atom is -0.322 e. The first-order chi connectivity index (χ1) is 10.8. The Labute approximate surface area is 138 Å². The number of carbonyl (C=O) groups is 1. The van der Waals surface area contributed by atoms with E-state index in [1.54, 1.807) is 4.90 Å². The van der Waals surface area contributed by atoms with Crippen LogP contribution >= 0.6 is 11.6 Å². The van der Waals surface area contributed by atoms with E-state index in [2.05, 4.69) is 17.1 Å². The predicted octanol–water partition coefficient (Wildman–Crippen LogP) is 3.92. The summed E-state index contributed by atoms with van der Waals surface area (Å²) in [5, 5.41) is 2.12. The van der Waals surface area contributed by atoms with E-state index >= 15 is 0 Å². The molecule has 8 heteroatoms. The summed E-state index contributed by atoms with van der Waals surface area (Å²) in [4.78, 5) is 16.0. The fourth-order valence-electron chi connectivity index (χ4n) is 2.51. The predicted molar refractivity (Wildman–Crippen MR) is 83.8 cm³/mol. The molecule has 1 heterocycles. The van der Waals surface area contributed by atoms with Gasteiger partial charge in [0, 0.05) is 31.9 Å². The summed E-state index contributed by atoms with van der Waals surface area (Å²) in [5.41, 5.74) is -0.868. The maximum Gasteiger partial charge on any atom is 0.417 e. The van der Waals surface area contributed by atoms with E-state index in [-0.39, 0.29) is 10.7 Å². The van der Waals surface area contributed by atoms with E-state index < -0.39 is 17.8 Å². The van der Waals surface area contributed by atoms with Gasteiger partial charge >= 0.3 is 12.2 Å². The van der Waals surface area contributed by atoms with Gasteiger partial charge in [0.05, 0.1) is 10.6 Å². The minimum atomic E-state index is -4.55. The lowest BCUT2D eigenvalue weighted by atomic mass is 10.2. The van der Waals surface area contributed by atoms with Crippen molar-refractivity contribution in [2.24, 2.45) is 0 Å². The van der Waals surface area contributed by atoms with Gasteiger partial charge < -0.3 is 10.2 Å². The van der Waals surface area contributed by atoms with Crippen LogP contribution in [0.1, 0.15) is 18.9 Å². The van der Waals surface area contributed by atoms with Crippen LogP contribution in [0.15, 0.2) is 18.2 Å². The summed E-state index contributed by atoms with van der Waals surface area (Å²) in [7, 11) is 0. The number of amides is 2. The molecular weight excluding hydrogens is 331 g/mol. The Morgan fingerprint density at radius 1 is 1.26 bits per heavy atom. The van der Waals surface area contributed by atoms with Gasteiger partial charge in [-0.15, -0.1) is 0 Å². The summed E-state index contributed by atoms with van der Waals surface area (Å²) in [6.45, 7) is 5.75. The van der Waals surface area contributed by atoms with Crippen LogP contribution < -0.4 is 5.32 Å². The third-order valence-electron chi connectivity index (χ3n) is 3.72. The number of benzene rings is 1. The second-order valence-electron chi connectivity index (χ2n) is 5.45. The highest BCUT2D eigenvalue weighted by molar-refractivity contribution is 6.31. The molecule has 4 nitrogen and oxygen atoms in total. The van der Waals surface area contributed by atoms with Gasteiger partial charge in [0.1, 0.15) is 0 Å². The lowest BCUT2D eigenvalue weighted by molar-refractivity contribution is -0.137. The van der Waals surface area contributed by atoms with Crippen molar-refractivity contribution >= 4 is 23.3 Å². The lowest BCUT2D eigenvalue weighted by Crippen LogP contribution is -2.50. The van der Waals surface area contributed by atoms with Crippen LogP contribution in [0.4, 0.5) is 23.7 Å². The van der Waals surface area contributed by atoms with E-state index in [9.17, 15) is 18.0 Å². The molecule has 0 aliphatic carbocycles. The van der Waals surface area contributed by atoms with Crippen LogP contribution in [-0.2, 0) is 6.18 Å². The summed E-state index contributed by atoms with van der Waals surface area (Å²) in [6, 6.07) is 2.96. The van der Waals surface area contributed by atoms with Gasteiger partial charge in [-0.3, -0.25) is 4.90 Å². The normalized spacial score (nSPS) is 16.5. The number of hydrogen-bond donors (Lipinski definition) is 1. The first-order valence-corrected chi connectivity index (χ1v) is 7.84. The summed E-state index contributed by atoms with van der Waals surface area (Å²) in [5.74, 6) is 0. The second-order valence-corrected chi connectivity index (χ2v) is 5.86. The van der Waals surface area contributed by atoms with E-state index in [1.807, 2.05) is 0 Å². The number of anilines is 1. The zero-order valence-corrected chi connectivity index (χ0v) is 13.5. The fourth-order valence-corrected chi connectivity index (χ4v) is 2.74. The summed E-state index contributed by atoms with van der Waals surface area (Å²) < 4.78 is 38.5. The summed E-state index contributed by atoms with van der Waals surface area (Å²) >= 11 is 5.56. The molecule has 1 aliphatic rings. The molecule has 1 saturated heterocycles. The van der Waals surface area contributed by atoms with Gasteiger partial charge in [-0.1, -0.05) is 18.5 Å². The Bertz CT molecular complexity index is 557. The van der Waals surface area contributed by atoms with E-state index in [0.717, 1.165) is 38.2 Å². The maximum absolute atomic E-state index is 12.8. The van der Waals surface area contributed by atoms with E-state index in [0.29, 0.717) is 13.1 Å². The van der Waals surface area contributed by atoms with Crippen molar-refractivity contribution in [3.05, 3.63) is 28.8 Å². The van der Waals surface area contributed by atoms with E-state index in [1.165, 1.54) is 6.07 Å². The monoisotopic (exact) mass is 349 g/mol. The van der Waals surface area contributed by atoms with Gasteiger partial charge in [-0.05, 0) is 31.2 Å². The molecule has 23 heavy (non-hydrogen) atoms. The Morgan fingerprint density at radius 2 is 1.91 bits per heavy atom. The van der Waals surface area contributed by atoms with Gasteiger partial charge in [0.25, 0.3) is 0 Å². The van der Waals surface area contributed by atoms with Crippen molar-refractivity contribution in [3.8, 4) is 0 Å². The standard InChI is InChI=1S/C15H19ClF3N3O/c1-2-5-21-6-8-22(9-7-21)14(23)20-11-3-4-13(16)12(10-11)15(17,18)19/h3-4,10H,2,5-9H2,1H3,(H,20,23). The quantitative estimate of drug-likeness (QED) is 0.897. The first kappa shape index (κ1) is 17.9. The van der Waals surface area contributed by atoms with Crippen molar-refractivity contribution in [2.75, 3.05) is 38.0 Å². The zero-order valence-electron chi connectivity index (χ0n) is 12.8. The van der Waals surface area contributed by atoms with Crippen LogP contribution in [0, 0.1) is 0 Å². The Kier molecular flexibility index (Phi) is 5.75. The molecule has 1 aliphatic heterocycles. The molecule has 0 bridgehead atoms. The van der Waals surface area contributed by atoms with Crippen LogP contribution in [0.5, 0.6) is 0 Å². The van der Waals surface area contributed by atoms with Crippen molar-refractivity contribution in [2.45, 2.75) is 19.5 Å². The number of carbonyl (C=O) groups excluding carboxylic acids is 1. The molecule has 1 aromatic carbocycles. The molecule has 1 aromatic rings. The molecule has 1 fully saturated rings. The van der Waals surface area contributed by atoms with Crippen molar-refractivity contribution in [1.29, 1.82) is 0 Å². The highest BCUT2D eigenvalue weighted by Crippen LogP contribution is 2.36. The number of rotatable bonds is 3. The number of urea groups is 1.